The highest BCUT2D eigenvalue weighted by atomic mass is 35.7. The predicted octanol–water partition coefficient (Wildman–Crippen LogP) is 2.38. The Morgan fingerprint density at radius 3 is 2.33 bits per heavy atom. The van der Waals surface area contributed by atoms with Crippen molar-refractivity contribution >= 4 is 32.4 Å². The van der Waals surface area contributed by atoms with Gasteiger partial charge in [-0.15, -0.1) is 0 Å². The molecule has 0 aliphatic rings. The lowest BCUT2D eigenvalue weighted by Gasteiger charge is -2.04. The average molecular weight is 185 g/mol. The Balaban J connectivity index is 2.91. The molecule has 0 aliphatic carbocycles. The Kier molecular flexibility index (Phi) is 6.52. The van der Waals surface area contributed by atoms with E-state index >= 15 is 0 Å². The summed E-state index contributed by atoms with van der Waals surface area (Å²) >= 11 is -1.41. The quantitative estimate of drug-likeness (QED) is 0.611. The van der Waals surface area contributed by atoms with Crippen molar-refractivity contribution in [3.8, 4) is 0 Å². The molecule has 0 saturated heterocycles. The lowest BCUT2D eigenvalue weighted by atomic mass is 10.5. The molecule has 0 aromatic heterocycles. The van der Waals surface area contributed by atoms with Gasteiger partial charge in [-0.1, -0.05) is 0 Å². The number of halogens is 2. The Bertz CT molecular complexity index is 60.0. The van der Waals surface area contributed by atoms with Crippen molar-refractivity contribution in [2.45, 2.75) is 25.2 Å². The van der Waals surface area contributed by atoms with Crippen molar-refractivity contribution in [1.82, 2.24) is 0 Å². The van der Waals surface area contributed by atoms with Crippen LogP contribution in [0.15, 0.2) is 0 Å². The van der Waals surface area contributed by atoms with Crippen LogP contribution in [0.4, 0.5) is 0 Å². The molecule has 0 rings (SSSR count). The molecular weight excluding hydrogens is 174 g/mol. The number of hydrogen-bond donors (Lipinski definition) is 0. The Morgan fingerprint density at radius 1 is 1.44 bits per heavy atom. The van der Waals surface area contributed by atoms with Crippen LogP contribution in [-0.2, 0) is 4.74 Å². The summed E-state index contributed by atoms with van der Waals surface area (Å²) in [5.41, 5.74) is 0. The Labute approximate surface area is 69.1 Å². The summed E-state index contributed by atoms with van der Waals surface area (Å²) in [7, 11) is 11.2. The van der Waals surface area contributed by atoms with Gasteiger partial charge in [0.05, 0.1) is 6.10 Å². The molecule has 0 spiro atoms. The minimum atomic E-state index is -1.41. The first-order valence-electron chi connectivity index (χ1n) is 3.02. The molecule has 0 heterocycles. The van der Waals surface area contributed by atoms with E-state index in [0.29, 0.717) is 12.7 Å². The highest BCUT2D eigenvalue weighted by molar-refractivity contribution is 7.33. The van der Waals surface area contributed by atoms with E-state index in [1.807, 2.05) is 13.8 Å². The molecule has 0 aromatic carbocycles. The summed E-state index contributed by atoms with van der Waals surface area (Å²) in [6.07, 6.45) is 0.297. The average Bonchev–Trinajstić information content (AvgIpc) is 1.63. The van der Waals surface area contributed by atoms with Gasteiger partial charge < -0.3 is 4.74 Å². The highest BCUT2D eigenvalue weighted by Gasteiger charge is 2.09. The van der Waals surface area contributed by atoms with E-state index < -0.39 is 12.3 Å². The van der Waals surface area contributed by atoms with Gasteiger partial charge in [0.2, 0.25) is 0 Å². The third-order valence-corrected chi connectivity index (χ3v) is 2.77. The van der Waals surface area contributed by atoms with Crippen LogP contribution in [-0.4, -0.2) is 25.0 Å². The highest BCUT2D eigenvalue weighted by Crippen LogP contribution is 2.03. The van der Waals surface area contributed by atoms with Crippen LogP contribution in [0.1, 0.15) is 13.8 Å². The molecule has 0 aliphatic heterocycles. The molecule has 0 atom stereocenters. The van der Waals surface area contributed by atoms with Crippen LogP contribution in [0.2, 0.25) is 5.28 Å². The maximum absolute atomic E-state index is 5.59. The van der Waals surface area contributed by atoms with Gasteiger partial charge in [0.25, 0.3) is 0 Å². The van der Waals surface area contributed by atoms with Gasteiger partial charge in [-0.05, 0) is 19.1 Å². The summed E-state index contributed by atoms with van der Waals surface area (Å²) in [5.74, 6) is 0. The molecule has 54 valence electrons. The molecule has 0 saturated carbocycles. The fourth-order valence-electron chi connectivity index (χ4n) is 0.393. The smallest absolute Gasteiger partial charge is 0.380 e. The maximum atomic E-state index is 5.59. The molecule has 0 unspecified atom stereocenters. The largest absolute Gasteiger partial charge is 0.521 e. The fourth-order valence-corrected chi connectivity index (χ4v) is 1.24. The van der Waals surface area contributed by atoms with Gasteiger partial charge in [-0.3, -0.25) is 0 Å². The predicted molar refractivity (Wildman–Crippen MR) is 43.4 cm³/mol. The second-order valence-corrected chi connectivity index (χ2v) is 7.29. The van der Waals surface area contributed by atoms with Gasteiger partial charge in [-0.2, -0.15) is 0 Å². The van der Waals surface area contributed by atoms with Gasteiger partial charge >= 0.3 is 12.3 Å². The zero-order valence-electron chi connectivity index (χ0n) is 5.73. The minimum absolute atomic E-state index is 0.297. The van der Waals surface area contributed by atoms with Crippen LogP contribution in [0.5, 0.6) is 0 Å². The molecule has 0 bridgehead atoms. The fraction of sp³-hybridized carbons (Fsp3) is 1.00. The second-order valence-electron chi connectivity index (χ2n) is 2.10. The third kappa shape index (κ3) is 9.07. The van der Waals surface area contributed by atoms with E-state index in [1.165, 1.54) is 0 Å². The Hall–Kier alpha value is 1.07. The standard InChI is InChI=1S/C5H11O.Al.2ClH/c1-4-6-5(2)3;;;/h5H,1,4H2,2-3H3;;2*1H/q;+2;;/p-2. The minimum Gasteiger partial charge on any atom is -0.380 e. The van der Waals surface area contributed by atoms with Gasteiger partial charge in [0.15, 0.2) is 0 Å². The van der Waals surface area contributed by atoms with Crippen molar-refractivity contribution in [3.63, 3.8) is 0 Å². The SMILES string of the molecule is CC(C)OC[CH2][Al]([Cl])[Cl]. The summed E-state index contributed by atoms with van der Waals surface area (Å²) in [5, 5.41) is 0.849. The number of ether oxygens (including phenoxy) is 1. The Morgan fingerprint density at radius 2 is 2.00 bits per heavy atom. The summed E-state index contributed by atoms with van der Waals surface area (Å²) < 4.78 is 5.22. The lowest BCUT2D eigenvalue weighted by molar-refractivity contribution is 0.0900. The zero-order chi connectivity index (χ0) is 7.28. The van der Waals surface area contributed by atoms with E-state index in [0.717, 1.165) is 5.28 Å². The van der Waals surface area contributed by atoms with Crippen LogP contribution in [0.25, 0.3) is 0 Å². The van der Waals surface area contributed by atoms with E-state index in [-0.39, 0.29) is 0 Å². The number of rotatable bonds is 4. The summed E-state index contributed by atoms with van der Waals surface area (Å²) in [4.78, 5) is 0. The monoisotopic (exact) mass is 184 g/mol. The zero-order valence-corrected chi connectivity index (χ0v) is 8.40. The molecule has 0 fully saturated rings. The van der Waals surface area contributed by atoms with Crippen molar-refractivity contribution < 1.29 is 4.74 Å². The molecule has 4 heteroatoms. The first-order valence-corrected chi connectivity index (χ1v) is 7.33. The summed E-state index contributed by atoms with van der Waals surface area (Å²) in [6, 6.07) is 0. The van der Waals surface area contributed by atoms with Crippen molar-refractivity contribution in [2.75, 3.05) is 6.61 Å². The van der Waals surface area contributed by atoms with Crippen molar-refractivity contribution in [2.24, 2.45) is 0 Å². The summed E-state index contributed by atoms with van der Waals surface area (Å²) in [6.45, 7) is 4.71. The molecular formula is C5H11AlCl2O. The molecule has 0 amide bonds. The van der Waals surface area contributed by atoms with E-state index in [4.69, 9.17) is 24.8 Å². The molecule has 0 aromatic rings. The molecule has 9 heavy (non-hydrogen) atoms. The molecule has 0 radical (unpaired) electrons. The van der Waals surface area contributed by atoms with Crippen LogP contribution >= 0.6 is 20.1 Å². The van der Waals surface area contributed by atoms with E-state index in [1.54, 1.807) is 0 Å². The van der Waals surface area contributed by atoms with Crippen molar-refractivity contribution in [1.29, 1.82) is 0 Å². The first kappa shape index (κ1) is 10.1. The van der Waals surface area contributed by atoms with Gasteiger partial charge in [0.1, 0.15) is 0 Å². The van der Waals surface area contributed by atoms with E-state index in [9.17, 15) is 0 Å². The topological polar surface area (TPSA) is 9.23 Å². The van der Waals surface area contributed by atoms with Crippen molar-refractivity contribution in [3.05, 3.63) is 0 Å². The van der Waals surface area contributed by atoms with Crippen LogP contribution in [0.3, 0.4) is 0 Å². The second kappa shape index (κ2) is 5.83. The molecule has 0 N–H and O–H groups in total. The van der Waals surface area contributed by atoms with Crippen LogP contribution in [0, 0.1) is 0 Å². The van der Waals surface area contributed by atoms with Gasteiger partial charge in [-0.25, -0.2) is 20.1 Å². The first-order chi connectivity index (χ1) is 4.13. The number of hydrogen-bond acceptors (Lipinski definition) is 1. The maximum Gasteiger partial charge on any atom is 0.521 e. The van der Waals surface area contributed by atoms with Crippen LogP contribution < -0.4 is 0 Å². The lowest BCUT2D eigenvalue weighted by Crippen LogP contribution is -2.06. The van der Waals surface area contributed by atoms with Gasteiger partial charge in [0, 0.05) is 6.61 Å². The normalized spacial score (nSPS) is 10.3. The third-order valence-electron chi connectivity index (χ3n) is 0.787. The van der Waals surface area contributed by atoms with E-state index in [2.05, 4.69) is 0 Å². The molecule has 1 nitrogen and oxygen atoms in total.